The summed E-state index contributed by atoms with van der Waals surface area (Å²) in [5.74, 6) is -3.07. The van der Waals surface area contributed by atoms with Crippen LogP contribution in [0.25, 0.3) is 0 Å². The summed E-state index contributed by atoms with van der Waals surface area (Å²) >= 11 is 0. The van der Waals surface area contributed by atoms with E-state index < -0.39 is 149 Å². The van der Waals surface area contributed by atoms with Crippen LogP contribution >= 0.6 is 0 Å². The predicted molar refractivity (Wildman–Crippen MR) is 211 cm³/mol. The zero-order valence-corrected chi connectivity index (χ0v) is 34.6. The van der Waals surface area contributed by atoms with Crippen LogP contribution in [0.5, 0.6) is 5.75 Å². The molecule has 2 aromatic carbocycles. The summed E-state index contributed by atoms with van der Waals surface area (Å²) in [5.41, 5.74) is 0.921. The van der Waals surface area contributed by atoms with Gasteiger partial charge in [-0.3, -0.25) is 0 Å². The number of para-hydroxylation sites is 1. The molecule has 7 rings (SSSR count). The Bertz CT molecular complexity index is 2050. The van der Waals surface area contributed by atoms with Gasteiger partial charge < -0.3 is 93.3 Å². The second-order valence-corrected chi connectivity index (χ2v) is 15.9. The molecular formula is C43H51NO21. The fourth-order valence-electron chi connectivity index (χ4n) is 8.18. The van der Waals surface area contributed by atoms with Crippen LogP contribution in [-0.2, 0) is 47.4 Å². The van der Waals surface area contributed by atoms with Crippen LogP contribution in [0.15, 0.2) is 78.1 Å². The molecule has 2 aromatic rings. The van der Waals surface area contributed by atoms with Crippen molar-refractivity contribution in [2.75, 3.05) is 33.5 Å². The number of ether oxygens (including phenoxy) is 10. The summed E-state index contributed by atoms with van der Waals surface area (Å²) in [6.45, 7) is -2.21. The molecule has 0 aromatic heterocycles. The number of nitrogens with zero attached hydrogens (tertiary/aromatic N) is 1. The maximum absolute atomic E-state index is 13.5. The lowest BCUT2D eigenvalue weighted by Crippen LogP contribution is -2.60. The average molecular weight is 918 g/mol. The van der Waals surface area contributed by atoms with Crippen LogP contribution in [0, 0.1) is 23.2 Å². The minimum atomic E-state index is -1.82. The topological polar surface area (TPSA) is 332 Å². The summed E-state index contributed by atoms with van der Waals surface area (Å²) in [5, 5.41) is 105. The van der Waals surface area contributed by atoms with Gasteiger partial charge in [0.05, 0.1) is 44.1 Å². The number of nitriles is 1. The van der Waals surface area contributed by atoms with E-state index in [9.17, 15) is 60.8 Å². The van der Waals surface area contributed by atoms with Crippen molar-refractivity contribution in [3.8, 4) is 11.8 Å². The Morgan fingerprint density at radius 2 is 1.28 bits per heavy atom. The van der Waals surface area contributed by atoms with Crippen LogP contribution < -0.4 is 4.74 Å². The number of aliphatic hydroxyl groups is 9. The Kier molecular flexibility index (Phi) is 15.8. The molecule has 5 aliphatic rings. The van der Waals surface area contributed by atoms with E-state index in [-0.39, 0.29) is 23.3 Å². The normalized spacial score (nSPS) is 37.2. The molecule has 4 heterocycles. The first-order valence-electron chi connectivity index (χ1n) is 20.7. The number of carbonyl (C=O) groups excluding carboxylic acids is 2. The number of esters is 2. The molecule has 22 nitrogen and oxygen atoms in total. The zero-order chi connectivity index (χ0) is 46.5. The largest absolute Gasteiger partial charge is 0.496 e. The lowest BCUT2D eigenvalue weighted by molar-refractivity contribution is -0.339. The second kappa shape index (κ2) is 21.3. The van der Waals surface area contributed by atoms with Crippen molar-refractivity contribution in [3.63, 3.8) is 0 Å². The number of fused-ring (bicyclic) bond motifs is 1. The second-order valence-electron chi connectivity index (χ2n) is 15.9. The van der Waals surface area contributed by atoms with Crippen LogP contribution in [0.1, 0.15) is 28.4 Å². The van der Waals surface area contributed by atoms with Gasteiger partial charge in [-0.25, -0.2) is 9.59 Å². The highest BCUT2D eigenvalue weighted by atomic mass is 16.8. The van der Waals surface area contributed by atoms with E-state index in [0.717, 1.165) is 6.26 Å². The van der Waals surface area contributed by atoms with E-state index in [1.165, 1.54) is 13.2 Å². The van der Waals surface area contributed by atoms with Crippen molar-refractivity contribution in [3.05, 3.63) is 89.2 Å². The van der Waals surface area contributed by atoms with E-state index in [4.69, 9.17) is 47.4 Å². The molecular weight excluding hydrogens is 866 g/mol. The number of benzene rings is 2. The number of hydrogen-bond donors (Lipinski definition) is 9. The summed E-state index contributed by atoms with van der Waals surface area (Å²) in [4.78, 5) is 26.3. The Morgan fingerprint density at radius 1 is 0.708 bits per heavy atom. The molecule has 0 radical (unpaired) electrons. The van der Waals surface area contributed by atoms with Crippen molar-refractivity contribution >= 4 is 11.9 Å². The molecule has 0 amide bonds. The lowest BCUT2D eigenvalue weighted by atomic mass is 9.83. The van der Waals surface area contributed by atoms with E-state index in [0.29, 0.717) is 11.1 Å². The molecule has 3 fully saturated rings. The average Bonchev–Trinajstić information content (AvgIpc) is 3.88. The molecule has 22 heteroatoms. The van der Waals surface area contributed by atoms with Crippen molar-refractivity contribution in [1.29, 1.82) is 5.26 Å². The molecule has 18 unspecified atom stereocenters. The van der Waals surface area contributed by atoms with E-state index in [1.54, 1.807) is 54.6 Å². The lowest BCUT2D eigenvalue weighted by Gasteiger charge is -2.43. The van der Waals surface area contributed by atoms with Gasteiger partial charge in [0.2, 0.25) is 6.29 Å². The van der Waals surface area contributed by atoms with Gasteiger partial charge in [-0.15, -0.1) is 0 Å². The summed E-state index contributed by atoms with van der Waals surface area (Å²) in [6, 6.07) is 16.5. The smallest absolute Gasteiger partial charge is 0.342 e. The fraction of sp³-hybridized carbons (Fsp3) is 0.558. The van der Waals surface area contributed by atoms with Gasteiger partial charge in [0.25, 0.3) is 0 Å². The molecule has 0 spiro atoms. The minimum absolute atomic E-state index is 0.0102. The molecule has 1 aliphatic carbocycles. The monoisotopic (exact) mass is 917 g/mol. The maximum Gasteiger partial charge on any atom is 0.342 e. The van der Waals surface area contributed by atoms with Crippen molar-refractivity contribution in [1.82, 2.24) is 0 Å². The van der Waals surface area contributed by atoms with E-state index in [2.05, 4.69) is 0 Å². The highest BCUT2D eigenvalue weighted by molar-refractivity contribution is 5.92. The van der Waals surface area contributed by atoms with E-state index in [1.807, 2.05) is 6.07 Å². The number of allylic oxidation sites excluding steroid dienone is 1. The van der Waals surface area contributed by atoms with E-state index >= 15 is 0 Å². The van der Waals surface area contributed by atoms with Gasteiger partial charge in [-0.2, -0.15) is 5.26 Å². The first-order chi connectivity index (χ1) is 31.3. The first-order valence-corrected chi connectivity index (χ1v) is 20.7. The molecule has 354 valence electrons. The highest BCUT2D eigenvalue weighted by Gasteiger charge is 2.52. The Labute approximate surface area is 370 Å². The third-order valence-corrected chi connectivity index (χ3v) is 11.9. The fourth-order valence-corrected chi connectivity index (χ4v) is 8.18. The van der Waals surface area contributed by atoms with Gasteiger partial charge in [-0.05, 0) is 29.7 Å². The molecule has 3 saturated heterocycles. The van der Waals surface area contributed by atoms with Crippen LogP contribution in [-0.4, -0.2) is 184 Å². The van der Waals surface area contributed by atoms with Gasteiger partial charge >= 0.3 is 11.9 Å². The van der Waals surface area contributed by atoms with Gasteiger partial charge in [-0.1, -0.05) is 48.5 Å². The minimum Gasteiger partial charge on any atom is -0.496 e. The molecule has 0 saturated carbocycles. The molecule has 0 bridgehead atoms. The highest BCUT2D eigenvalue weighted by Crippen LogP contribution is 2.44. The number of methoxy groups -OCH3 is 1. The van der Waals surface area contributed by atoms with Crippen molar-refractivity contribution in [2.24, 2.45) is 11.8 Å². The number of rotatable bonds is 16. The third kappa shape index (κ3) is 10.3. The molecule has 18 atom stereocenters. The summed E-state index contributed by atoms with van der Waals surface area (Å²) in [7, 11) is 1.37. The first kappa shape index (κ1) is 48.3. The standard InChI is InChI=1S/C43H51NO21/c1-56-24-10-6-5-9-22(24)38(54)57-16-26-30(46)34(50)37(53)43(64-26)65-40-29-20(14-45)11-12-21(29)23(15-59-40)39(55)58-17-27-32(48)35(51)41(62-27)60-18-28-31(47)33(49)36(52)42(63-28)61-25(13-44)19-7-3-2-4-8-19/h2-11,15,21,25-37,40-43,45-53H,12,14,16-18H2,1H3. The molecule has 65 heavy (non-hydrogen) atoms. The maximum atomic E-state index is 13.5. The molecule has 4 aliphatic heterocycles. The predicted octanol–water partition coefficient (Wildman–Crippen LogP) is -2.43. The summed E-state index contributed by atoms with van der Waals surface area (Å²) in [6.07, 6.45) is -22.4. The number of carbonyl (C=O) groups is 2. The Morgan fingerprint density at radius 3 is 1.94 bits per heavy atom. The van der Waals surface area contributed by atoms with Crippen LogP contribution in [0.2, 0.25) is 0 Å². The molecule has 9 N–H and O–H groups in total. The van der Waals surface area contributed by atoms with Gasteiger partial charge in [0, 0.05) is 5.92 Å². The zero-order valence-electron chi connectivity index (χ0n) is 34.6. The van der Waals surface area contributed by atoms with Crippen molar-refractivity contribution in [2.45, 2.75) is 105 Å². The number of hydrogen-bond acceptors (Lipinski definition) is 22. The van der Waals surface area contributed by atoms with Crippen LogP contribution in [0.4, 0.5) is 0 Å². The third-order valence-electron chi connectivity index (χ3n) is 11.9. The van der Waals surface area contributed by atoms with Gasteiger partial charge in [0.1, 0.15) is 91.7 Å². The van der Waals surface area contributed by atoms with Gasteiger partial charge in [0.15, 0.2) is 25.0 Å². The Hall–Kier alpha value is -4.65. The van der Waals surface area contributed by atoms with Crippen LogP contribution in [0.3, 0.4) is 0 Å². The van der Waals surface area contributed by atoms with Crippen molar-refractivity contribution < 1.29 is 103 Å². The Balaban J connectivity index is 0.934. The number of aliphatic hydroxyl groups excluding tert-OH is 9. The quantitative estimate of drug-likeness (QED) is 0.0624. The SMILES string of the molecule is COc1ccccc1C(=O)OCC1OC(OC2OC=C(C(=O)OCC3OC(OCC4OC(OC(C#N)c5ccccc5)C(O)C(O)C4O)C(O)C3O)C3CC=C(CO)C23)C(O)C(O)C1O. The summed E-state index contributed by atoms with van der Waals surface area (Å²) < 4.78 is 56.0.